The first kappa shape index (κ1) is 19.2. The molecule has 150 valence electrons. The van der Waals surface area contributed by atoms with Gasteiger partial charge in [0, 0.05) is 0 Å². The van der Waals surface area contributed by atoms with Gasteiger partial charge in [-0.1, -0.05) is 72.3 Å². The largest absolute Gasteiger partial charge is 0.268 e. The lowest BCUT2D eigenvalue weighted by atomic mass is 10.0. The summed E-state index contributed by atoms with van der Waals surface area (Å²) in [7, 11) is 0. The summed E-state index contributed by atoms with van der Waals surface area (Å²) in [5.74, 6) is -0.112. The summed E-state index contributed by atoms with van der Waals surface area (Å²) in [5, 5.41) is 2.64. The summed E-state index contributed by atoms with van der Waals surface area (Å²) in [6, 6.07) is 25.5. The molecule has 0 aliphatic rings. The van der Waals surface area contributed by atoms with Crippen LogP contribution in [0.15, 0.2) is 89.7 Å². The van der Waals surface area contributed by atoms with Gasteiger partial charge in [-0.25, -0.2) is 9.37 Å². The van der Waals surface area contributed by atoms with Gasteiger partial charge in [-0.2, -0.15) is 0 Å². The van der Waals surface area contributed by atoms with Crippen molar-refractivity contribution >= 4 is 45.4 Å². The zero-order valence-corrected chi connectivity index (χ0v) is 17.1. The summed E-state index contributed by atoms with van der Waals surface area (Å²) in [6.45, 7) is 0. The van der Waals surface area contributed by atoms with Gasteiger partial charge in [-0.05, 0) is 52.7 Å². The van der Waals surface area contributed by atoms with Crippen LogP contribution in [0.1, 0.15) is 11.4 Å². The second-order valence-corrected chi connectivity index (χ2v) is 7.54. The Morgan fingerprint density at radius 3 is 2.42 bits per heavy atom. The minimum Gasteiger partial charge on any atom is -0.268 e. The van der Waals surface area contributed by atoms with Crippen LogP contribution in [0, 0.1) is 5.82 Å². The maximum absolute atomic E-state index is 13.7. The third-order valence-electron chi connectivity index (χ3n) is 5.20. The van der Waals surface area contributed by atoms with Gasteiger partial charge in [-0.3, -0.25) is 9.36 Å². The van der Waals surface area contributed by atoms with Crippen molar-refractivity contribution in [1.82, 2.24) is 9.55 Å². The molecule has 5 aromatic rings. The average Bonchev–Trinajstić information content (AvgIpc) is 2.80. The van der Waals surface area contributed by atoms with Crippen LogP contribution < -0.4 is 5.56 Å². The van der Waals surface area contributed by atoms with E-state index in [1.165, 1.54) is 22.8 Å². The Balaban J connectivity index is 1.74. The van der Waals surface area contributed by atoms with E-state index in [1.54, 1.807) is 24.3 Å². The fraction of sp³-hybridized carbons (Fsp3) is 0. The predicted octanol–water partition coefficient (Wildman–Crippen LogP) is 6.50. The molecule has 0 saturated carbocycles. The molecule has 0 spiro atoms. The zero-order chi connectivity index (χ0) is 21.4. The molecule has 0 amide bonds. The molecular weight excluding hydrogens is 411 g/mol. The molecule has 0 bridgehead atoms. The van der Waals surface area contributed by atoms with E-state index in [0.717, 1.165) is 16.3 Å². The number of rotatable bonds is 3. The molecule has 5 rings (SSSR count). The van der Waals surface area contributed by atoms with Crippen molar-refractivity contribution in [2.75, 3.05) is 0 Å². The van der Waals surface area contributed by atoms with E-state index in [1.807, 2.05) is 36.4 Å². The molecule has 0 aliphatic carbocycles. The fourth-order valence-corrected chi connectivity index (χ4v) is 3.87. The second-order valence-electron chi connectivity index (χ2n) is 7.13. The normalized spacial score (nSPS) is 11.5. The van der Waals surface area contributed by atoms with Gasteiger partial charge in [0.25, 0.3) is 5.56 Å². The Bertz CT molecular complexity index is 1530. The minimum atomic E-state index is -0.542. The van der Waals surface area contributed by atoms with Crippen LogP contribution in [0.2, 0.25) is 5.02 Å². The van der Waals surface area contributed by atoms with Crippen LogP contribution in [-0.2, 0) is 0 Å². The van der Waals surface area contributed by atoms with Crippen molar-refractivity contribution in [3.63, 3.8) is 0 Å². The molecule has 0 saturated heterocycles. The Kier molecular flexibility index (Phi) is 4.85. The van der Waals surface area contributed by atoms with Crippen molar-refractivity contribution in [3.8, 4) is 5.69 Å². The number of hydrogen-bond acceptors (Lipinski definition) is 2. The first-order valence-corrected chi connectivity index (χ1v) is 10.1. The van der Waals surface area contributed by atoms with Crippen molar-refractivity contribution in [3.05, 3.63) is 118 Å². The molecule has 31 heavy (non-hydrogen) atoms. The molecule has 0 atom stereocenters. The molecule has 0 aliphatic heterocycles. The van der Waals surface area contributed by atoms with Gasteiger partial charge < -0.3 is 0 Å². The highest BCUT2D eigenvalue weighted by atomic mass is 35.5. The molecule has 1 heterocycles. The van der Waals surface area contributed by atoms with Crippen LogP contribution in [0.25, 0.3) is 39.5 Å². The number of fused-ring (bicyclic) bond motifs is 2. The Hall–Kier alpha value is -3.76. The van der Waals surface area contributed by atoms with Gasteiger partial charge >= 0.3 is 0 Å². The lowest BCUT2D eigenvalue weighted by Crippen LogP contribution is -2.22. The van der Waals surface area contributed by atoms with Crippen LogP contribution in [0.4, 0.5) is 4.39 Å². The molecule has 1 aromatic heterocycles. The average molecular weight is 427 g/mol. The van der Waals surface area contributed by atoms with Crippen LogP contribution >= 0.6 is 11.6 Å². The number of nitrogens with zero attached hydrogens (tertiary/aromatic N) is 2. The Labute approximate surface area is 182 Å². The molecule has 0 N–H and O–H groups in total. The highest BCUT2D eigenvalue weighted by Crippen LogP contribution is 2.23. The van der Waals surface area contributed by atoms with Gasteiger partial charge in [-0.15, -0.1) is 0 Å². The number of para-hydroxylation sites is 1. The second kappa shape index (κ2) is 7.82. The third kappa shape index (κ3) is 3.51. The predicted molar refractivity (Wildman–Crippen MR) is 125 cm³/mol. The quantitative estimate of drug-likeness (QED) is 0.330. The van der Waals surface area contributed by atoms with E-state index in [9.17, 15) is 9.18 Å². The van der Waals surface area contributed by atoms with E-state index >= 15 is 0 Å². The molecular formula is C26H16ClFN2O. The first-order valence-electron chi connectivity index (χ1n) is 9.75. The fourth-order valence-electron chi connectivity index (χ4n) is 3.70. The third-order valence-corrected chi connectivity index (χ3v) is 5.49. The van der Waals surface area contributed by atoms with Crippen LogP contribution in [0.5, 0.6) is 0 Å². The number of benzene rings is 4. The first-order chi connectivity index (χ1) is 15.1. The van der Waals surface area contributed by atoms with E-state index in [2.05, 4.69) is 18.2 Å². The molecule has 0 radical (unpaired) electrons. The summed E-state index contributed by atoms with van der Waals surface area (Å²) in [6.07, 6.45) is 3.73. The van der Waals surface area contributed by atoms with Gasteiger partial charge in [0.1, 0.15) is 11.6 Å². The minimum absolute atomic E-state index is 0.0541. The monoisotopic (exact) mass is 426 g/mol. The summed E-state index contributed by atoms with van der Waals surface area (Å²) in [4.78, 5) is 18.0. The number of hydrogen-bond donors (Lipinski definition) is 0. The highest BCUT2D eigenvalue weighted by molar-refractivity contribution is 6.30. The SMILES string of the molecule is O=c1c2ccccc2nc(/C=C/c2cccc3ccccc23)n1-c1ccc(F)c(Cl)c1. The summed E-state index contributed by atoms with van der Waals surface area (Å²) < 4.78 is 15.2. The van der Waals surface area contributed by atoms with E-state index < -0.39 is 5.82 Å². The highest BCUT2D eigenvalue weighted by Gasteiger charge is 2.12. The molecule has 0 unspecified atom stereocenters. The Morgan fingerprint density at radius 2 is 1.58 bits per heavy atom. The van der Waals surface area contributed by atoms with Crippen molar-refractivity contribution < 1.29 is 4.39 Å². The lowest BCUT2D eigenvalue weighted by Gasteiger charge is -2.12. The lowest BCUT2D eigenvalue weighted by molar-refractivity contribution is 0.627. The number of aromatic nitrogens is 2. The van der Waals surface area contributed by atoms with Gasteiger partial charge in [0.05, 0.1) is 21.6 Å². The zero-order valence-electron chi connectivity index (χ0n) is 16.3. The standard InChI is InChI=1S/C26H16ClFN2O/c27-22-16-19(13-14-23(22)28)30-25(29-24-11-4-3-10-21(24)26(30)31)15-12-18-8-5-7-17-6-1-2-9-20(17)18/h1-16H/b15-12+. The molecule has 3 nitrogen and oxygen atoms in total. The smallest absolute Gasteiger partial charge is 0.266 e. The summed E-state index contributed by atoms with van der Waals surface area (Å²) in [5.41, 5.74) is 1.80. The van der Waals surface area contributed by atoms with E-state index in [-0.39, 0.29) is 10.6 Å². The maximum Gasteiger partial charge on any atom is 0.266 e. The van der Waals surface area contributed by atoms with Crippen molar-refractivity contribution in [1.29, 1.82) is 0 Å². The molecule has 0 fully saturated rings. The van der Waals surface area contributed by atoms with Crippen LogP contribution in [0.3, 0.4) is 0 Å². The maximum atomic E-state index is 13.7. The topological polar surface area (TPSA) is 34.9 Å². The van der Waals surface area contributed by atoms with E-state index in [0.29, 0.717) is 22.4 Å². The van der Waals surface area contributed by atoms with Crippen molar-refractivity contribution in [2.24, 2.45) is 0 Å². The van der Waals surface area contributed by atoms with Crippen molar-refractivity contribution in [2.45, 2.75) is 0 Å². The van der Waals surface area contributed by atoms with Gasteiger partial charge in [0.15, 0.2) is 0 Å². The number of halogens is 2. The Morgan fingerprint density at radius 1 is 0.839 bits per heavy atom. The van der Waals surface area contributed by atoms with E-state index in [4.69, 9.17) is 16.6 Å². The van der Waals surface area contributed by atoms with Gasteiger partial charge in [0.2, 0.25) is 0 Å². The molecule has 5 heteroatoms. The van der Waals surface area contributed by atoms with Crippen LogP contribution in [-0.4, -0.2) is 9.55 Å². The molecule has 4 aromatic carbocycles. The summed E-state index contributed by atoms with van der Waals surface area (Å²) >= 11 is 6.00.